The van der Waals surface area contributed by atoms with Gasteiger partial charge in [0.1, 0.15) is 16.9 Å². The average Bonchev–Trinajstić information content (AvgIpc) is 3.20. The first-order chi connectivity index (χ1) is 19.5. The van der Waals surface area contributed by atoms with Gasteiger partial charge in [0, 0.05) is 38.6 Å². The Morgan fingerprint density at radius 2 is 1.78 bits per heavy atom. The van der Waals surface area contributed by atoms with Crippen molar-refractivity contribution in [2.24, 2.45) is 11.8 Å². The molecule has 3 heterocycles. The minimum absolute atomic E-state index is 0.00943. The van der Waals surface area contributed by atoms with E-state index in [4.69, 9.17) is 14.9 Å². The molecule has 1 aromatic carbocycles. The van der Waals surface area contributed by atoms with E-state index in [1.54, 1.807) is 9.80 Å². The smallest absolute Gasteiger partial charge is 0.410 e. The standard InChI is InChI=1S/C31H47N5O5/c1-5-6-16-31(24-11-10-17-35(21-24)29(39)41-30(2,3)4)27(38)36(28(32)33-31)20-23-14-18-34(19-15-23)26(37)22-40-25-12-8-7-9-13-25/h7-9,12-13,23-24H,5-6,10-11,14-22H2,1-4H3,(H2,32,33). The summed E-state index contributed by atoms with van der Waals surface area (Å²) in [6.07, 6.45) is 5.22. The molecule has 3 fully saturated rings. The second-order valence-corrected chi connectivity index (χ2v) is 12.7. The summed E-state index contributed by atoms with van der Waals surface area (Å²) in [5.74, 6) is 0.832. The van der Waals surface area contributed by atoms with Crippen LogP contribution in [0.1, 0.15) is 72.6 Å². The quantitative estimate of drug-likeness (QED) is 0.460. The monoisotopic (exact) mass is 569 g/mol. The van der Waals surface area contributed by atoms with Gasteiger partial charge < -0.3 is 24.6 Å². The lowest BCUT2D eigenvalue weighted by Gasteiger charge is -2.42. The first-order valence-corrected chi connectivity index (χ1v) is 15.1. The van der Waals surface area contributed by atoms with Crippen LogP contribution in [0, 0.1) is 17.2 Å². The van der Waals surface area contributed by atoms with Crippen LogP contribution in [0.3, 0.4) is 0 Å². The number of nitrogens with one attached hydrogen (secondary N) is 2. The van der Waals surface area contributed by atoms with Crippen molar-refractivity contribution in [2.45, 2.75) is 83.8 Å². The summed E-state index contributed by atoms with van der Waals surface area (Å²) in [5.41, 5.74) is -1.47. The molecule has 41 heavy (non-hydrogen) atoms. The number of amides is 3. The van der Waals surface area contributed by atoms with Crippen molar-refractivity contribution in [3.8, 4) is 5.75 Å². The number of unbranched alkanes of at least 4 members (excludes halogenated alkanes) is 1. The number of ether oxygens (including phenoxy) is 2. The average molecular weight is 570 g/mol. The number of benzene rings is 1. The number of likely N-dealkylation sites (tertiary alicyclic amines) is 2. The fourth-order valence-electron chi connectivity index (χ4n) is 6.20. The fraction of sp³-hybridized carbons (Fsp3) is 0.677. The molecule has 0 bridgehead atoms. The molecule has 4 rings (SSSR count). The normalized spacial score (nSPS) is 23.9. The van der Waals surface area contributed by atoms with Gasteiger partial charge in [0.25, 0.3) is 11.8 Å². The van der Waals surface area contributed by atoms with Crippen molar-refractivity contribution in [3.63, 3.8) is 0 Å². The number of para-hydroxylation sites is 1. The van der Waals surface area contributed by atoms with E-state index in [-0.39, 0.29) is 42.3 Å². The Balaban J connectivity index is 1.36. The lowest BCUT2D eigenvalue weighted by atomic mass is 9.75. The Hall–Kier alpha value is -3.30. The molecular formula is C31H47N5O5. The Morgan fingerprint density at radius 3 is 2.44 bits per heavy atom. The van der Waals surface area contributed by atoms with Crippen LogP contribution in [0.15, 0.2) is 30.3 Å². The Labute approximate surface area is 244 Å². The molecule has 0 aromatic heterocycles. The van der Waals surface area contributed by atoms with Gasteiger partial charge in [-0.1, -0.05) is 38.0 Å². The van der Waals surface area contributed by atoms with Gasteiger partial charge in [0.05, 0.1) is 0 Å². The van der Waals surface area contributed by atoms with Crippen LogP contribution in [-0.2, 0) is 14.3 Å². The zero-order chi connectivity index (χ0) is 29.6. The van der Waals surface area contributed by atoms with Gasteiger partial charge in [-0.2, -0.15) is 0 Å². The third-order valence-corrected chi connectivity index (χ3v) is 8.45. The molecule has 0 saturated carbocycles. The van der Waals surface area contributed by atoms with Gasteiger partial charge in [0.2, 0.25) is 0 Å². The molecule has 3 aliphatic heterocycles. The topological polar surface area (TPSA) is 115 Å². The summed E-state index contributed by atoms with van der Waals surface area (Å²) in [6, 6.07) is 9.32. The van der Waals surface area contributed by atoms with Crippen molar-refractivity contribution in [3.05, 3.63) is 30.3 Å². The Bertz CT molecular complexity index is 1080. The predicted octanol–water partition coefficient (Wildman–Crippen LogP) is 4.25. The highest BCUT2D eigenvalue weighted by molar-refractivity contribution is 6.08. The number of carbonyl (C=O) groups excluding carboxylic acids is 3. The summed E-state index contributed by atoms with van der Waals surface area (Å²) in [4.78, 5) is 44.8. The Morgan fingerprint density at radius 1 is 1.07 bits per heavy atom. The van der Waals surface area contributed by atoms with E-state index in [2.05, 4.69) is 12.2 Å². The largest absolute Gasteiger partial charge is 0.484 e. The lowest BCUT2D eigenvalue weighted by molar-refractivity contribution is -0.137. The van der Waals surface area contributed by atoms with Crippen LogP contribution in [0.5, 0.6) is 5.75 Å². The molecule has 10 nitrogen and oxygen atoms in total. The van der Waals surface area contributed by atoms with Crippen LogP contribution < -0.4 is 10.1 Å². The van der Waals surface area contributed by atoms with Crippen LogP contribution in [-0.4, -0.2) is 89.0 Å². The second-order valence-electron chi connectivity index (χ2n) is 12.7. The third-order valence-electron chi connectivity index (χ3n) is 8.45. The van der Waals surface area contributed by atoms with E-state index >= 15 is 0 Å². The van der Waals surface area contributed by atoms with Crippen LogP contribution in [0.4, 0.5) is 4.79 Å². The zero-order valence-corrected chi connectivity index (χ0v) is 25.1. The summed E-state index contributed by atoms with van der Waals surface area (Å²) in [5, 5.41) is 12.1. The van der Waals surface area contributed by atoms with Crippen LogP contribution in [0.25, 0.3) is 0 Å². The second kappa shape index (κ2) is 13.1. The SMILES string of the molecule is CCCCC1(C2CCCN(C(=O)OC(C)(C)C)C2)NC(=N)N(CC2CCN(C(=O)COc3ccccc3)CC2)C1=O. The molecular weight excluding hydrogens is 522 g/mol. The first-order valence-electron chi connectivity index (χ1n) is 15.1. The molecule has 10 heteroatoms. The molecule has 2 unspecified atom stereocenters. The maximum atomic E-state index is 14.1. The van der Waals surface area contributed by atoms with E-state index in [9.17, 15) is 14.4 Å². The highest BCUT2D eigenvalue weighted by Crippen LogP contribution is 2.37. The van der Waals surface area contributed by atoms with Crippen molar-refractivity contribution >= 4 is 23.9 Å². The van der Waals surface area contributed by atoms with E-state index in [0.717, 1.165) is 38.5 Å². The minimum atomic E-state index is -0.890. The van der Waals surface area contributed by atoms with Gasteiger partial charge in [-0.3, -0.25) is 19.9 Å². The zero-order valence-electron chi connectivity index (χ0n) is 25.1. The maximum Gasteiger partial charge on any atom is 0.410 e. The molecule has 3 saturated heterocycles. The number of hydrogen-bond acceptors (Lipinski definition) is 6. The van der Waals surface area contributed by atoms with Gasteiger partial charge in [-0.15, -0.1) is 0 Å². The number of piperidine rings is 2. The lowest BCUT2D eigenvalue weighted by Crippen LogP contribution is -2.59. The van der Waals surface area contributed by atoms with Crippen molar-refractivity contribution in [2.75, 3.05) is 39.3 Å². The van der Waals surface area contributed by atoms with Gasteiger partial charge in [-0.05, 0) is 70.9 Å². The highest BCUT2D eigenvalue weighted by atomic mass is 16.6. The number of nitrogens with zero attached hydrogens (tertiary/aromatic N) is 3. The molecule has 2 atom stereocenters. The maximum absolute atomic E-state index is 14.1. The number of rotatable bonds is 9. The number of carbonyl (C=O) groups is 3. The first kappa shape index (κ1) is 30.7. The van der Waals surface area contributed by atoms with Gasteiger partial charge in [-0.25, -0.2) is 4.79 Å². The molecule has 226 valence electrons. The minimum Gasteiger partial charge on any atom is -0.484 e. The summed E-state index contributed by atoms with van der Waals surface area (Å²) >= 11 is 0. The molecule has 1 aromatic rings. The summed E-state index contributed by atoms with van der Waals surface area (Å²) < 4.78 is 11.3. The summed E-state index contributed by atoms with van der Waals surface area (Å²) in [7, 11) is 0. The number of hydrogen-bond donors (Lipinski definition) is 2. The van der Waals surface area contributed by atoms with E-state index < -0.39 is 11.1 Å². The summed E-state index contributed by atoms with van der Waals surface area (Å²) in [6.45, 7) is 10.4. The van der Waals surface area contributed by atoms with Crippen molar-refractivity contribution < 1.29 is 23.9 Å². The molecule has 3 amide bonds. The van der Waals surface area contributed by atoms with Gasteiger partial charge in [0.15, 0.2) is 12.6 Å². The van der Waals surface area contributed by atoms with E-state index in [1.165, 1.54) is 0 Å². The van der Waals surface area contributed by atoms with Crippen molar-refractivity contribution in [1.82, 2.24) is 20.0 Å². The molecule has 3 aliphatic rings. The van der Waals surface area contributed by atoms with Crippen LogP contribution >= 0.6 is 0 Å². The molecule has 0 radical (unpaired) electrons. The number of guanidine groups is 1. The predicted molar refractivity (Wildman–Crippen MR) is 157 cm³/mol. The fourth-order valence-corrected chi connectivity index (χ4v) is 6.20. The molecule has 2 N–H and O–H groups in total. The highest BCUT2D eigenvalue weighted by Gasteiger charge is 2.55. The van der Waals surface area contributed by atoms with Crippen molar-refractivity contribution in [1.29, 1.82) is 5.41 Å². The third kappa shape index (κ3) is 7.51. The van der Waals surface area contributed by atoms with Gasteiger partial charge >= 0.3 is 6.09 Å². The van der Waals surface area contributed by atoms with E-state index in [1.807, 2.05) is 56.0 Å². The van der Waals surface area contributed by atoms with E-state index in [0.29, 0.717) is 44.9 Å². The van der Waals surface area contributed by atoms with Crippen LogP contribution in [0.2, 0.25) is 0 Å². The molecule has 0 aliphatic carbocycles. The molecule has 0 spiro atoms. The Kier molecular flexibility index (Phi) is 9.81.